The van der Waals surface area contributed by atoms with Gasteiger partial charge in [-0.25, -0.2) is 0 Å². The lowest BCUT2D eigenvalue weighted by Gasteiger charge is -2.14. The molecule has 0 fully saturated rings. The first kappa shape index (κ1) is 16.8. The molecule has 1 aromatic carbocycles. The predicted octanol–water partition coefficient (Wildman–Crippen LogP) is 2.94. The largest absolute Gasteiger partial charge is 0.378 e. The third-order valence-electron chi connectivity index (χ3n) is 4.18. The van der Waals surface area contributed by atoms with Gasteiger partial charge in [0, 0.05) is 45.6 Å². The minimum absolute atomic E-state index is 0.106. The SMILES string of the molecule is CN(C)C(=O)c1cc(C(=O)c2ccccc2)n2ccc(N(C)C)cc12. The average Bonchev–Trinajstić information content (AvgIpc) is 2.99. The molecule has 1 amide bonds. The summed E-state index contributed by atoms with van der Waals surface area (Å²) >= 11 is 0. The maximum absolute atomic E-state index is 12.9. The maximum Gasteiger partial charge on any atom is 0.255 e. The molecule has 5 heteroatoms. The van der Waals surface area contributed by atoms with Gasteiger partial charge in [-0.2, -0.15) is 0 Å². The van der Waals surface area contributed by atoms with Gasteiger partial charge in [-0.15, -0.1) is 0 Å². The number of amides is 1. The summed E-state index contributed by atoms with van der Waals surface area (Å²) in [4.78, 5) is 29.0. The lowest BCUT2D eigenvalue weighted by Crippen LogP contribution is -2.21. The van der Waals surface area contributed by atoms with Crippen molar-refractivity contribution in [1.29, 1.82) is 0 Å². The van der Waals surface area contributed by atoms with Crippen LogP contribution in [0, 0.1) is 0 Å². The van der Waals surface area contributed by atoms with Gasteiger partial charge in [0.2, 0.25) is 5.78 Å². The zero-order valence-corrected chi connectivity index (χ0v) is 14.9. The van der Waals surface area contributed by atoms with Crippen LogP contribution in [-0.2, 0) is 0 Å². The van der Waals surface area contributed by atoms with Gasteiger partial charge in [0.15, 0.2) is 0 Å². The highest BCUT2D eigenvalue weighted by atomic mass is 16.2. The van der Waals surface area contributed by atoms with Crippen LogP contribution in [0.25, 0.3) is 5.52 Å². The van der Waals surface area contributed by atoms with Gasteiger partial charge < -0.3 is 14.2 Å². The van der Waals surface area contributed by atoms with Crippen LogP contribution in [0.1, 0.15) is 26.4 Å². The monoisotopic (exact) mass is 335 g/mol. The quantitative estimate of drug-likeness (QED) is 0.689. The summed E-state index contributed by atoms with van der Waals surface area (Å²) in [5, 5.41) is 0. The van der Waals surface area contributed by atoms with Gasteiger partial charge in [0.1, 0.15) is 0 Å². The van der Waals surface area contributed by atoms with E-state index < -0.39 is 0 Å². The number of carbonyl (C=O) groups is 2. The molecular formula is C20H21N3O2. The minimum Gasteiger partial charge on any atom is -0.378 e. The second-order valence-electron chi connectivity index (χ2n) is 6.37. The van der Waals surface area contributed by atoms with E-state index in [1.54, 1.807) is 36.7 Å². The molecule has 0 unspecified atom stereocenters. The highest BCUT2D eigenvalue weighted by molar-refractivity contribution is 6.12. The molecule has 0 atom stereocenters. The molecule has 0 saturated carbocycles. The van der Waals surface area contributed by atoms with Crippen molar-refractivity contribution in [2.75, 3.05) is 33.1 Å². The number of fused-ring (bicyclic) bond motifs is 1. The smallest absolute Gasteiger partial charge is 0.255 e. The van der Waals surface area contributed by atoms with Gasteiger partial charge in [-0.1, -0.05) is 30.3 Å². The van der Waals surface area contributed by atoms with Crippen molar-refractivity contribution in [3.8, 4) is 0 Å². The topological polar surface area (TPSA) is 45.0 Å². The number of benzene rings is 1. The summed E-state index contributed by atoms with van der Waals surface area (Å²) in [5.41, 5.74) is 3.30. The van der Waals surface area contributed by atoms with E-state index in [1.165, 1.54) is 4.90 Å². The molecule has 2 aromatic heterocycles. The molecule has 0 aliphatic heterocycles. The number of anilines is 1. The molecule has 2 heterocycles. The molecule has 128 valence electrons. The molecule has 3 rings (SSSR count). The fourth-order valence-corrected chi connectivity index (χ4v) is 2.79. The number of ketones is 1. The Morgan fingerprint density at radius 3 is 2.20 bits per heavy atom. The van der Waals surface area contributed by atoms with Gasteiger partial charge >= 0.3 is 0 Å². The van der Waals surface area contributed by atoms with Crippen molar-refractivity contribution in [3.63, 3.8) is 0 Å². The molecular weight excluding hydrogens is 314 g/mol. The Balaban J connectivity index is 2.23. The molecule has 0 aliphatic carbocycles. The van der Waals surface area contributed by atoms with Crippen molar-refractivity contribution in [2.24, 2.45) is 0 Å². The van der Waals surface area contributed by atoms with Crippen molar-refractivity contribution < 1.29 is 9.59 Å². The zero-order valence-electron chi connectivity index (χ0n) is 14.9. The van der Waals surface area contributed by atoms with E-state index in [0.717, 1.165) is 11.2 Å². The van der Waals surface area contributed by atoms with E-state index in [1.807, 2.05) is 55.5 Å². The second kappa shape index (κ2) is 6.43. The highest BCUT2D eigenvalue weighted by Crippen LogP contribution is 2.24. The molecule has 0 saturated heterocycles. The van der Waals surface area contributed by atoms with Crippen LogP contribution in [-0.4, -0.2) is 49.2 Å². The Bertz CT molecular complexity index is 940. The van der Waals surface area contributed by atoms with Gasteiger partial charge in [-0.3, -0.25) is 9.59 Å². The molecule has 0 bridgehead atoms. The van der Waals surface area contributed by atoms with Gasteiger partial charge in [0.05, 0.1) is 16.8 Å². The molecule has 0 N–H and O–H groups in total. The standard InChI is InChI=1S/C20H21N3O2/c1-21(2)15-10-11-23-17(12-15)16(20(25)22(3)4)13-18(23)19(24)14-8-6-5-7-9-14/h5-13H,1-4H3. The number of rotatable bonds is 4. The van der Waals surface area contributed by atoms with Crippen LogP contribution in [0.2, 0.25) is 0 Å². The lowest BCUT2D eigenvalue weighted by atomic mass is 10.1. The van der Waals surface area contributed by atoms with E-state index >= 15 is 0 Å². The van der Waals surface area contributed by atoms with Gasteiger partial charge in [-0.05, 0) is 18.2 Å². The number of carbonyl (C=O) groups excluding carboxylic acids is 2. The summed E-state index contributed by atoms with van der Waals surface area (Å²) < 4.78 is 1.79. The summed E-state index contributed by atoms with van der Waals surface area (Å²) in [6.45, 7) is 0. The fourth-order valence-electron chi connectivity index (χ4n) is 2.79. The number of pyridine rings is 1. The Kier molecular flexibility index (Phi) is 4.31. The van der Waals surface area contributed by atoms with E-state index in [9.17, 15) is 9.59 Å². The Morgan fingerprint density at radius 1 is 0.920 bits per heavy atom. The second-order valence-corrected chi connectivity index (χ2v) is 6.37. The summed E-state index contributed by atoms with van der Waals surface area (Å²) in [6, 6.07) is 14.6. The summed E-state index contributed by atoms with van der Waals surface area (Å²) in [5.74, 6) is -0.230. The van der Waals surface area contributed by atoms with E-state index in [4.69, 9.17) is 0 Å². The van der Waals surface area contributed by atoms with Crippen molar-refractivity contribution in [3.05, 3.63) is 71.5 Å². The molecule has 0 radical (unpaired) electrons. The zero-order chi connectivity index (χ0) is 18.1. The molecule has 3 aromatic rings. The third-order valence-corrected chi connectivity index (χ3v) is 4.18. The molecule has 25 heavy (non-hydrogen) atoms. The van der Waals surface area contributed by atoms with Crippen LogP contribution in [0.4, 0.5) is 5.69 Å². The number of nitrogens with zero attached hydrogens (tertiary/aromatic N) is 3. The third kappa shape index (κ3) is 3.01. The van der Waals surface area contributed by atoms with Gasteiger partial charge in [0.25, 0.3) is 5.91 Å². The number of hydrogen-bond donors (Lipinski definition) is 0. The normalized spacial score (nSPS) is 10.7. The Hall–Kier alpha value is -3.08. The van der Waals surface area contributed by atoms with Crippen LogP contribution in [0.5, 0.6) is 0 Å². The van der Waals surface area contributed by atoms with Crippen LogP contribution >= 0.6 is 0 Å². The first-order valence-electron chi connectivity index (χ1n) is 8.04. The van der Waals surface area contributed by atoms with Crippen LogP contribution in [0.15, 0.2) is 54.7 Å². The first-order valence-corrected chi connectivity index (χ1v) is 8.04. The lowest BCUT2D eigenvalue weighted by molar-refractivity contribution is 0.0829. The van der Waals surface area contributed by atoms with E-state index in [2.05, 4.69) is 0 Å². The van der Waals surface area contributed by atoms with E-state index in [-0.39, 0.29) is 11.7 Å². The Morgan fingerprint density at radius 2 is 1.60 bits per heavy atom. The fraction of sp³-hybridized carbons (Fsp3) is 0.200. The van der Waals surface area contributed by atoms with Crippen LogP contribution in [0.3, 0.4) is 0 Å². The number of hydrogen-bond acceptors (Lipinski definition) is 3. The van der Waals surface area contributed by atoms with E-state index in [0.29, 0.717) is 16.8 Å². The first-order chi connectivity index (χ1) is 11.9. The Labute approximate surface area is 147 Å². The molecule has 5 nitrogen and oxygen atoms in total. The highest BCUT2D eigenvalue weighted by Gasteiger charge is 2.21. The summed E-state index contributed by atoms with van der Waals surface area (Å²) in [7, 11) is 7.30. The minimum atomic E-state index is -0.125. The van der Waals surface area contributed by atoms with Crippen molar-refractivity contribution in [1.82, 2.24) is 9.30 Å². The number of aromatic nitrogens is 1. The summed E-state index contributed by atoms with van der Waals surface area (Å²) in [6.07, 6.45) is 1.84. The van der Waals surface area contributed by atoms with Crippen molar-refractivity contribution >= 4 is 22.9 Å². The average molecular weight is 335 g/mol. The molecule has 0 aliphatic rings. The molecule has 0 spiro atoms. The van der Waals surface area contributed by atoms with Crippen molar-refractivity contribution in [2.45, 2.75) is 0 Å². The predicted molar refractivity (Wildman–Crippen MR) is 99.6 cm³/mol. The van der Waals surface area contributed by atoms with Crippen LogP contribution < -0.4 is 4.90 Å². The maximum atomic E-state index is 12.9.